The first-order valence-corrected chi connectivity index (χ1v) is 14.1. The van der Waals surface area contributed by atoms with Crippen LogP contribution in [0, 0.1) is 6.92 Å². The van der Waals surface area contributed by atoms with Gasteiger partial charge in [0.2, 0.25) is 0 Å². The Morgan fingerprint density at radius 3 is 2.65 bits per heavy atom. The smallest absolute Gasteiger partial charge is 0.163 e. The molecule has 0 radical (unpaired) electrons. The molecule has 1 fully saturated rings. The molecule has 1 atom stereocenters. The van der Waals surface area contributed by atoms with Gasteiger partial charge in [0.05, 0.1) is 42.1 Å². The van der Waals surface area contributed by atoms with Gasteiger partial charge in [0.1, 0.15) is 11.9 Å². The Bertz CT molecular complexity index is 1590. The SMILES string of the molecule is CC(=O)[C@@H](OC(C)(C)C)c1c(C)cc2nc(CN3CCOCC3)ccc2c1-c1ccc2c3c(ccnc13)CCO2. The summed E-state index contributed by atoms with van der Waals surface area (Å²) in [7, 11) is 0. The second kappa shape index (κ2) is 10.5. The van der Waals surface area contributed by atoms with E-state index in [1.54, 1.807) is 6.92 Å². The predicted octanol–water partition coefficient (Wildman–Crippen LogP) is 5.97. The second-order valence-corrected chi connectivity index (χ2v) is 11.9. The minimum absolute atomic E-state index is 0.0328. The van der Waals surface area contributed by atoms with Crippen molar-refractivity contribution in [3.05, 3.63) is 65.0 Å². The van der Waals surface area contributed by atoms with Crippen molar-refractivity contribution in [3.63, 3.8) is 0 Å². The Hall–Kier alpha value is -3.39. The molecule has 6 rings (SSSR count). The first kappa shape index (κ1) is 26.8. The number of hydrogen-bond acceptors (Lipinski definition) is 7. The molecule has 2 aromatic heterocycles. The van der Waals surface area contributed by atoms with E-state index < -0.39 is 11.7 Å². The highest BCUT2D eigenvalue weighted by atomic mass is 16.5. The summed E-state index contributed by atoms with van der Waals surface area (Å²) in [6.45, 7) is 14.4. The van der Waals surface area contributed by atoms with Crippen molar-refractivity contribution < 1.29 is 19.0 Å². The molecule has 7 nitrogen and oxygen atoms in total. The lowest BCUT2D eigenvalue weighted by Crippen LogP contribution is -2.35. The Kier molecular flexibility index (Phi) is 7.07. The number of hydrogen-bond donors (Lipinski definition) is 0. The van der Waals surface area contributed by atoms with Gasteiger partial charge in [0.25, 0.3) is 0 Å². The summed E-state index contributed by atoms with van der Waals surface area (Å²) in [5.74, 6) is 0.820. The van der Waals surface area contributed by atoms with Crippen molar-refractivity contribution in [2.45, 2.75) is 59.3 Å². The molecule has 0 amide bonds. The number of fused-ring (bicyclic) bond motifs is 1. The van der Waals surface area contributed by atoms with Crippen LogP contribution in [0.5, 0.6) is 5.75 Å². The molecule has 0 aliphatic carbocycles. The van der Waals surface area contributed by atoms with E-state index in [1.807, 2.05) is 33.0 Å². The van der Waals surface area contributed by atoms with Crippen molar-refractivity contribution in [1.29, 1.82) is 0 Å². The van der Waals surface area contributed by atoms with Crippen molar-refractivity contribution >= 4 is 27.6 Å². The van der Waals surface area contributed by atoms with Gasteiger partial charge in [-0.3, -0.25) is 19.7 Å². The highest BCUT2D eigenvalue weighted by Crippen LogP contribution is 2.45. The number of Topliss-reactive ketones (excluding diaryl/α,β-unsaturated/α-hetero) is 1. The lowest BCUT2D eigenvalue weighted by molar-refractivity contribution is -0.138. The van der Waals surface area contributed by atoms with Gasteiger partial charge < -0.3 is 14.2 Å². The summed E-state index contributed by atoms with van der Waals surface area (Å²) in [4.78, 5) is 25.6. The maximum atomic E-state index is 13.2. The quantitative estimate of drug-likeness (QED) is 0.299. The van der Waals surface area contributed by atoms with Gasteiger partial charge in [-0.1, -0.05) is 6.07 Å². The maximum absolute atomic E-state index is 13.2. The largest absolute Gasteiger partial charge is 0.493 e. The zero-order valence-corrected chi connectivity index (χ0v) is 24.0. The molecule has 4 heterocycles. The molecule has 2 aliphatic rings. The van der Waals surface area contributed by atoms with E-state index in [1.165, 1.54) is 5.56 Å². The molecule has 0 bridgehead atoms. The molecule has 2 aromatic carbocycles. The Morgan fingerprint density at radius 1 is 1.10 bits per heavy atom. The van der Waals surface area contributed by atoms with E-state index in [0.717, 1.165) is 94.8 Å². The molecular weight excluding hydrogens is 502 g/mol. The number of morpholine rings is 1. The number of benzene rings is 2. The van der Waals surface area contributed by atoms with Gasteiger partial charge >= 0.3 is 0 Å². The minimum Gasteiger partial charge on any atom is -0.493 e. The van der Waals surface area contributed by atoms with Crippen LogP contribution in [0.15, 0.2) is 42.6 Å². The highest BCUT2D eigenvalue weighted by molar-refractivity contribution is 6.08. The average Bonchev–Trinajstić information content (AvgIpc) is 2.92. The molecule has 7 heteroatoms. The van der Waals surface area contributed by atoms with Gasteiger partial charge in [-0.25, -0.2) is 0 Å². The normalized spacial score (nSPS) is 16.7. The third-order valence-electron chi connectivity index (χ3n) is 7.73. The van der Waals surface area contributed by atoms with Crippen LogP contribution >= 0.6 is 0 Å². The van der Waals surface area contributed by atoms with E-state index in [0.29, 0.717) is 6.61 Å². The highest BCUT2D eigenvalue weighted by Gasteiger charge is 2.31. The lowest BCUT2D eigenvalue weighted by atomic mass is 9.85. The van der Waals surface area contributed by atoms with E-state index in [-0.39, 0.29) is 5.78 Å². The number of pyridine rings is 2. The maximum Gasteiger partial charge on any atom is 0.163 e. The minimum atomic E-state index is -0.727. The van der Waals surface area contributed by atoms with Crippen LogP contribution in [0.4, 0.5) is 0 Å². The van der Waals surface area contributed by atoms with Gasteiger partial charge in [0, 0.05) is 48.6 Å². The summed E-state index contributed by atoms with van der Waals surface area (Å²) in [5.41, 5.74) is 7.26. The molecule has 4 aromatic rings. The second-order valence-electron chi connectivity index (χ2n) is 11.9. The summed E-state index contributed by atoms with van der Waals surface area (Å²) in [5, 5.41) is 2.02. The number of aryl methyl sites for hydroxylation is 1. The fraction of sp³-hybridized carbons (Fsp3) is 0.424. The molecular formula is C33H37N3O4. The fourth-order valence-electron chi connectivity index (χ4n) is 5.97. The number of aromatic nitrogens is 2. The Labute approximate surface area is 235 Å². The van der Waals surface area contributed by atoms with E-state index in [9.17, 15) is 4.79 Å². The molecule has 40 heavy (non-hydrogen) atoms. The van der Waals surface area contributed by atoms with Crippen LogP contribution in [0.25, 0.3) is 32.9 Å². The van der Waals surface area contributed by atoms with Crippen LogP contribution < -0.4 is 4.74 Å². The summed E-state index contributed by atoms with van der Waals surface area (Å²) < 4.78 is 18.0. The molecule has 0 spiro atoms. The van der Waals surface area contributed by atoms with Crippen LogP contribution in [0.2, 0.25) is 0 Å². The molecule has 1 saturated heterocycles. The average molecular weight is 540 g/mol. The number of nitrogens with zero attached hydrogens (tertiary/aromatic N) is 3. The number of ketones is 1. The molecule has 2 aliphatic heterocycles. The van der Waals surface area contributed by atoms with Gasteiger partial charge in [0.15, 0.2) is 5.78 Å². The monoisotopic (exact) mass is 539 g/mol. The first-order chi connectivity index (χ1) is 19.2. The number of carbonyl (C=O) groups excluding carboxylic acids is 1. The standard InChI is InChI=1S/C33H37N3O4/c1-20-18-26-24(7-6-23(35-26)19-36-13-16-38-17-14-36)30(28(20)32(21(2)37)40-33(3,4)5)25-8-9-27-29-22(11-15-39-27)10-12-34-31(25)29/h6-10,12,18,32H,11,13-17,19H2,1-5H3/t32-/m1/s1. The van der Waals surface area contributed by atoms with Gasteiger partial charge in [-0.2, -0.15) is 0 Å². The lowest BCUT2D eigenvalue weighted by Gasteiger charge is -2.30. The topological polar surface area (TPSA) is 73.8 Å². The van der Waals surface area contributed by atoms with Crippen LogP contribution in [-0.2, 0) is 27.2 Å². The van der Waals surface area contributed by atoms with Crippen molar-refractivity contribution in [3.8, 4) is 16.9 Å². The van der Waals surface area contributed by atoms with Crippen LogP contribution in [0.1, 0.15) is 56.2 Å². The van der Waals surface area contributed by atoms with Crippen LogP contribution in [0.3, 0.4) is 0 Å². The Morgan fingerprint density at radius 2 is 1.90 bits per heavy atom. The van der Waals surface area contributed by atoms with E-state index >= 15 is 0 Å². The molecule has 208 valence electrons. The van der Waals surface area contributed by atoms with E-state index in [2.05, 4.69) is 42.2 Å². The number of rotatable bonds is 6. The van der Waals surface area contributed by atoms with E-state index in [4.69, 9.17) is 24.2 Å². The first-order valence-electron chi connectivity index (χ1n) is 14.1. The number of ether oxygens (including phenoxy) is 3. The van der Waals surface area contributed by atoms with Gasteiger partial charge in [-0.05, 0) is 87.2 Å². The van der Waals surface area contributed by atoms with Gasteiger partial charge in [-0.15, -0.1) is 0 Å². The molecule has 0 saturated carbocycles. The third-order valence-corrected chi connectivity index (χ3v) is 7.73. The summed E-state index contributed by atoms with van der Waals surface area (Å²) in [6.07, 6.45) is 1.99. The molecule has 0 unspecified atom stereocenters. The van der Waals surface area contributed by atoms with Crippen molar-refractivity contribution in [2.75, 3.05) is 32.9 Å². The summed E-state index contributed by atoms with van der Waals surface area (Å²) in [6, 6.07) is 12.5. The fourth-order valence-corrected chi connectivity index (χ4v) is 5.97. The van der Waals surface area contributed by atoms with Crippen molar-refractivity contribution in [1.82, 2.24) is 14.9 Å². The molecule has 0 N–H and O–H groups in total. The zero-order valence-electron chi connectivity index (χ0n) is 24.0. The summed E-state index contributed by atoms with van der Waals surface area (Å²) >= 11 is 0. The number of carbonyl (C=O) groups is 1. The zero-order chi connectivity index (χ0) is 28.0. The van der Waals surface area contributed by atoms with Crippen LogP contribution in [-0.4, -0.2) is 59.2 Å². The predicted molar refractivity (Wildman–Crippen MR) is 157 cm³/mol. The Balaban J connectivity index is 1.61. The third kappa shape index (κ3) is 5.09. The van der Waals surface area contributed by atoms with Crippen molar-refractivity contribution in [2.24, 2.45) is 0 Å².